The van der Waals surface area contributed by atoms with E-state index in [0.29, 0.717) is 17.5 Å². The Bertz CT molecular complexity index is 2980. The summed E-state index contributed by atoms with van der Waals surface area (Å²) in [5.74, 6) is 2.38. The first kappa shape index (κ1) is 28.9. The number of fused-ring (bicyclic) bond motifs is 9. The van der Waals surface area contributed by atoms with Crippen LogP contribution in [0.2, 0.25) is 0 Å². The molecule has 3 aromatic heterocycles. The zero-order valence-electron chi connectivity index (χ0n) is 27.9. The van der Waals surface area contributed by atoms with E-state index in [-0.39, 0.29) is 11.8 Å². The molecule has 0 saturated carbocycles. The molecule has 0 aliphatic heterocycles. The Hall–Kier alpha value is -6.85. The van der Waals surface area contributed by atoms with Crippen LogP contribution < -0.4 is 0 Å². The van der Waals surface area contributed by atoms with Gasteiger partial charge in [-0.3, -0.25) is 0 Å². The summed E-state index contributed by atoms with van der Waals surface area (Å²) in [5.41, 5.74) is 10.7. The van der Waals surface area contributed by atoms with Crippen LogP contribution in [0.4, 0.5) is 0 Å². The molecule has 2 aliphatic carbocycles. The molecule has 0 saturated heterocycles. The molecular weight excluding hydrogens is 639 g/mol. The van der Waals surface area contributed by atoms with E-state index in [4.69, 9.17) is 23.8 Å². The van der Waals surface area contributed by atoms with Gasteiger partial charge in [-0.15, -0.1) is 0 Å². The number of hydrogen-bond acceptors (Lipinski definition) is 5. The van der Waals surface area contributed by atoms with Crippen molar-refractivity contribution < 1.29 is 8.83 Å². The number of hydrogen-bond donors (Lipinski definition) is 0. The van der Waals surface area contributed by atoms with Gasteiger partial charge in [-0.25, -0.2) is 15.0 Å². The van der Waals surface area contributed by atoms with E-state index < -0.39 is 0 Å². The van der Waals surface area contributed by atoms with Gasteiger partial charge in [0.1, 0.15) is 22.3 Å². The molecule has 2 aliphatic rings. The lowest BCUT2D eigenvalue weighted by Gasteiger charge is -2.30. The summed E-state index contributed by atoms with van der Waals surface area (Å²) in [6.45, 7) is 0. The highest BCUT2D eigenvalue weighted by molar-refractivity contribution is 6.19. The van der Waals surface area contributed by atoms with Crippen LogP contribution in [0, 0.1) is 5.92 Å². The summed E-state index contributed by atoms with van der Waals surface area (Å²) in [6.07, 6.45) is 11.2. The van der Waals surface area contributed by atoms with E-state index in [2.05, 4.69) is 109 Å². The van der Waals surface area contributed by atoms with Crippen molar-refractivity contribution in [3.8, 4) is 33.9 Å². The molecule has 9 aromatic rings. The Balaban J connectivity index is 1.15. The SMILES string of the molecule is C1=CC2C=C(c3nc(-c4ccccc4)nc(-c4cccc5oc6c(-c7cccc8oc9ccccc9c78)cccc6c45)n3)c3ccccc3C2C=C1. The summed E-state index contributed by atoms with van der Waals surface area (Å²) >= 11 is 0. The third-order valence-electron chi connectivity index (χ3n) is 10.5. The van der Waals surface area contributed by atoms with Crippen LogP contribution in [0.25, 0.3) is 83.4 Å². The fraction of sp³-hybridized carbons (Fsp3) is 0.0426. The quantitative estimate of drug-likeness (QED) is 0.187. The minimum absolute atomic E-state index is 0.215. The lowest BCUT2D eigenvalue weighted by Crippen LogP contribution is -2.17. The average molecular weight is 668 g/mol. The lowest BCUT2D eigenvalue weighted by atomic mass is 9.74. The van der Waals surface area contributed by atoms with Crippen molar-refractivity contribution in [3.05, 3.63) is 181 Å². The van der Waals surface area contributed by atoms with E-state index in [0.717, 1.165) is 77.3 Å². The molecule has 0 spiro atoms. The van der Waals surface area contributed by atoms with Gasteiger partial charge in [0.05, 0.1) is 0 Å². The fourth-order valence-corrected chi connectivity index (χ4v) is 8.18. The fourth-order valence-electron chi connectivity index (χ4n) is 8.18. The first-order chi connectivity index (χ1) is 25.8. The first-order valence-corrected chi connectivity index (χ1v) is 17.6. The van der Waals surface area contributed by atoms with Crippen LogP contribution in [-0.4, -0.2) is 15.0 Å². The lowest BCUT2D eigenvalue weighted by molar-refractivity contribution is 0.668. The molecule has 3 heterocycles. The van der Waals surface area contributed by atoms with Crippen molar-refractivity contribution in [2.75, 3.05) is 0 Å². The van der Waals surface area contributed by atoms with Crippen molar-refractivity contribution in [2.45, 2.75) is 5.92 Å². The number of rotatable bonds is 4. The van der Waals surface area contributed by atoms with Crippen molar-refractivity contribution in [1.82, 2.24) is 15.0 Å². The summed E-state index contributed by atoms with van der Waals surface area (Å²) in [6, 6.07) is 45.7. The number of benzene rings is 6. The van der Waals surface area contributed by atoms with Gasteiger partial charge in [-0.05, 0) is 34.9 Å². The molecule has 0 amide bonds. The van der Waals surface area contributed by atoms with Crippen molar-refractivity contribution >= 4 is 49.5 Å². The first-order valence-electron chi connectivity index (χ1n) is 17.6. The van der Waals surface area contributed by atoms with Crippen molar-refractivity contribution in [3.63, 3.8) is 0 Å². The van der Waals surface area contributed by atoms with Gasteiger partial charge in [0, 0.05) is 55.6 Å². The van der Waals surface area contributed by atoms with Crippen LogP contribution in [-0.2, 0) is 0 Å². The van der Waals surface area contributed by atoms with Gasteiger partial charge in [-0.2, -0.15) is 0 Å². The molecule has 6 aromatic carbocycles. The van der Waals surface area contributed by atoms with Crippen LogP contribution in [0.5, 0.6) is 0 Å². The number of nitrogens with zero attached hydrogens (tertiary/aromatic N) is 3. The van der Waals surface area contributed by atoms with Gasteiger partial charge in [0.25, 0.3) is 0 Å². The molecule has 11 rings (SSSR count). The third-order valence-corrected chi connectivity index (χ3v) is 10.5. The minimum atomic E-state index is 0.215. The standard InChI is InChI=1S/C47H29N3O2/c1-2-13-28(14-3-1)45-48-46(50-47(49-45)38-27-29-15-4-5-16-30(29)31-17-6-7-18-32(31)38)37-23-12-26-41-43(37)36-22-10-21-34(44(36)52-41)33-20-11-25-40-42(33)35-19-8-9-24-39(35)51-40/h1-27,29-30H. The molecule has 2 unspecified atom stereocenters. The Morgan fingerprint density at radius 2 is 1.08 bits per heavy atom. The van der Waals surface area contributed by atoms with Gasteiger partial charge >= 0.3 is 0 Å². The van der Waals surface area contributed by atoms with Gasteiger partial charge in [0.15, 0.2) is 17.5 Å². The van der Waals surface area contributed by atoms with E-state index in [1.54, 1.807) is 0 Å². The van der Waals surface area contributed by atoms with E-state index >= 15 is 0 Å². The zero-order chi connectivity index (χ0) is 34.2. The average Bonchev–Trinajstić information content (AvgIpc) is 3.80. The molecule has 0 fully saturated rings. The molecular formula is C47H29N3O2. The number of aromatic nitrogens is 3. The molecule has 2 atom stereocenters. The van der Waals surface area contributed by atoms with Crippen LogP contribution in [0.15, 0.2) is 173 Å². The second-order valence-electron chi connectivity index (χ2n) is 13.5. The number of furan rings is 2. The normalized spacial score (nSPS) is 16.4. The second kappa shape index (κ2) is 11.3. The Morgan fingerprint density at radius 3 is 2.00 bits per heavy atom. The smallest absolute Gasteiger partial charge is 0.164 e. The molecule has 0 N–H and O–H groups in total. The van der Waals surface area contributed by atoms with E-state index in [9.17, 15) is 0 Å². The largest absolute Gasteiger partial charge is 0.456 e. The van der Waals surface area contributed by atoms with Crippen LogP contribution in [0.3, 0.4) is 0 Å². The Labute approximate surface area is 298 Å². The number of para-hydroxylation sites is 2. The Kier molecular flexibility index (Phi) is 6.31. The summed E-state index contributed by atoms with van der Waals surface area (Å²) in [5, 5.41) is 4.13. The topological polar surface area (TPSA) is 65.0 Å². The highest BCUT2D eigenvalue weighted by Crippen LogP contribution is 2.45. The summed E-state index contributed by atoms with van der Waals surface area (Å²) in [4.78, 5) is 15.6. The van der Waals surface area contributed by atoms with Crippen molar-refractivity contribution in [2.24, 2.45) is 5.92 Å². The zero-order valence-corrected chi connectivity index (χ0v) is 27.9. The maximum atomic E-state index is 6.78. The monoisotopic (exact) mass is 667 g/mol. The molecule has 52 heavy (non-hydrogen) atoms. The van der Waals surface area contributed by atoms with E-state index in [1.807, 2.05) is 54.6 Å². The second-order valence-corrected chi connectivity index (χ2v) is 13.5. The molecule has 5 nitrogen and oxygen atoms in total. The van der Waals surface area contributed by atoms with Crippen LogP contribution in [0.1, 0.15) is 22.9 Å². The summed E-state index contributed by atoms with van der Waals surface area (Å²) in [7, 11) is 0. The van der Waals surface area contributed by atoms with Gasteiger partial charge in [0.2, 0.25) is 0 Å². The Morgan fingerprint density at radius 1 is 0.442 bits per heavy atom. The van der Waals surface area contributed by atoms with E-state index in [1.165, 1.54) is 5.56 Å². The number of allylic oxidation sites excluding steroid dienone is 5. The highest BCUT2D eigenvalue weighted by atomic mass is 16.3. The van der Waals surface area contributed by atoms with Gasteiger partial charge < -0.3 is 8.83 Å². The summed E-state index contributed by atoms with van der Waals surface area (Å²) < 4.78 is 13.0. The minimum Gasteiger partial charge on any atom is -0.456 e. The maximum Gasteiger partial charge on any atom is 0.164 e. The molecule has 0 bridgehead atoms. The van der Waals surface area contributed by atoms with Gasteiger partial charge in [-0.1, -0.05) is 146 Å². The van der Waals surface area contributed by atoms with Crippen molar-refractivity contribution in [1.29, 1.82) is 0 Å². The molecule has 0 radical (unpaired) electrons. The maximum absolute atomic E-state index is 6.78. The van der Waals surface area contributed by atoms with Crippen LogP contribution >= 0.6 is 0 Å². The molecule has 244 valence electrons. The molecule has 5 heteroatoms. The third kappa shape index (κ3) is 4.39. The predicted molar refractivity (Wildman–Crippen MR) is 209 cm³/mol. The highest BCUT2D eigenvalue weighted by Gasteiger charge is 2.30. The predicted octanol–water partition coefficient (Wildman–Crippen LogP) is 11.9.